The minimum atomic E-state index is -4.49. The molecular weight excluding hydrogens is 623 g/mol. The van der Waals surface area contributed by atoms with Crippen molar-refractivity contribution >= 4 is 35.6 Å². The molecule has 0 spiro atoms. The summed E-state index contributed by atoms with van der Waals surface area (Å²) in [5, 5.41) is 7.22. The average Bonchev–Trinajstić information content (AvgIpc) is 3.72. The number of ether oxygens (including phenoxy) is 1. The lowest BCUT2D eigenvalue weighted by Crippen LogP contribution is -2.43. The zero-order valence-corrected chi connectivity index (χ0v) is 26.7. The molecule has 3 fully saturated rings. The smallest absolute Gasteiger partial charge is 0.408 e. The Bertz CT molecular complexity index is 1250. The highest BCUT2D eigenvalue weighted by Crippen LogP contribution is 2.46. The van der Waals surface area contributed by atoms with Gasteiger partial charge in [-0.2, -0.15) is 13.2 Å². The summed E-state index contributed by atoms with van der Waals surface area (Å²) in [6.07, 6.45) is -0.639. The van der Waals surface area contributed by atoms with Gasteiger partial charge in [0, 0.05) is 29.2 Å². The lowest BCUT2D eigenvalue weighted by molar-refractivity contribution is -0.190. The van der Waals surface area contributed by atoms with Gasteiger partial charge in [-0.05, 0) is 98.3 Å². The SMILES string of the molecule is CC.CC1CCN(C(=O)c2cc(C3CC3)c(OCC3CCN(C(c4cc(Cl)cc(Cl)c4)C(F)(F)F)CC3)cc2F)C1.O=CO. The van der Waals surface area contributed by atoms with Gasteiger partial charge in [0.05, 0.1) is 12.2 Å². The normalized spacial score (nSPS) is 19.8. The molecule has 1 N–H and O–H groups in total. The standard InChI is InChI=1S/C29H32Cl2F4N2O2.C2H6.CH2O2/c1-17-4-7-37(15-17)28(38)24-13-23(19-2-3-19)26(14-25(24)32)39-16-18-5-8-36(9-6-18)27(29(33,34)35)20-10-21(30)12-22(31)11-20;1-2;2-1-3/h10-14,17-19,27H,2-9,15-16H2,1H3;1-2H3;1H,(H,2,3). The third kappa shape index (κ3) is 9.47. The molecule has 244 valence electrons. The number of nitrogens with zero attached hydrogens (tertiary/aromatic N) is 2. The molecular formula is C32H40Cl2F4N2O4. The van der Waals surface area contributed by atoms with Crippen LogP contribution in [0.15, 0.2) is 30.3 Å². The van der Waals surface area contributed by atoms with E-state index in [0.29, 0.717) is 37.6 Å². The average molecular weight is 664 g/mol. The fourth-order valence-corrected chi connectivity index (χ4v) is 6.33. The van der Waals surface area contributed by atoms with Crippen LogP contribution in [-0.4, -0.2) is 66.2 Å². The summed E-state index contributed by atoms with van der Waals surface area (Å²) in [5.74, 6) is 0.234. The van der Waals surface area contributed by atoms with Gasteiger partial charge in [0.25, 0.3) is 12.4 Å². The first kappa shape index (κ1) is 35.9. The molecule has 44 heavy (non-hydrogen) atoms. The number of hydrogen-bond acceptors (Lipinski definition) is 4. The number of hydrogen-bond donors (Lipinski definition) is 1. The molecule has 0 bridgehead atoms. The van der Waals surface area contributed by atoms with Crippen molar-refractivity contribution in [2.24, 2.45) is 11.8 Å². The predicted molar refractivity (Wildman–Crippen MR) is 163 cm³/mol. The summed E-state index contributed by atoms with van der Waals surface area (Å²) in [6, 6.07) is 5.21. The number of halogens is 6. The van der Waals surface area contributed by atoms with Crippen LogP contribution < -0.4 is 4.74 Å². The maximum Gasteiger partial charge on any atom is 0.408 e. The summed E-state index contributed by atoms with van der Waals surface area (Å²) in [5.41, 5.74) is 0.961. The predicted octanol–water partition coefficient (Wildman–Crippen LogP) is 8.61. The van der Waals surface area contributed by atoms with Crippen LogP contribution in [0.5, 0.6) is 5.75 Å². The molecule has 6 nitrogen and oxygen atoms in total. The number of carbonyl (C=O) groups is 2. The summed E-state index contributed by atoms with van der Waals surface area (Å²) >= 11 is 12.0. The van der Waals surface area contributed by atoms with Gasteiger partial charge in [0.1, 0.15) is 17.6 Å². The first-order valence-electron chi connectivity index (χ1n) is 15.0. The van der Waals surface area contributed by atoms with Gasteiger partial charge in [-0.15, -0.1) is 0 Å². The van der Waals surface area contributed by atoms with Gasteiger partial charge >= 0.3 is 6.18 Å². The Hall–Kier alpha value is -2.56. The van der Waals surface area contributed by atoms with Crippen molar-refractivity contribution in [2.45, 2.75) is 71.0 Å². The minimum absolute atomic E-state index is 0.0253. The molecule has 2 atom stereocenters. The number of likely N-dealkylation sites (tertiary alicyclic amines) is 2. The number of piperidine rings is 1. The molecule has 2 heterocycles. The molecule has 1 aliphatic carbocycles. The van der Waals surface area contributed by atoms with Crippen LogP contribution in [0, 0.1) is 17.7 Å². The van der Waals surface area contributed by atoms with Gasteiger partial charge in [-0.1, -0.05) is 44.0 Å². The second kappa shape index (κ2) is 16.1. The van der Waals surface area contributed by atoms with Crippen LogP contribution in [0.25, 0.3) is 0 Å². The van der Waals surface area contributed by atoms with E-state index in [0.717, 1.165) is 24.8 Å². The molecule has 2 unspecified atom stereocenters. The molecule has 1 saturated carbocycles. The Morgan fingerprint density at radius 3 is 2.11 bits per heavy atom. The number of carboxylic acid groups (broad SMARTS) is 1. The summed E-state index contributed by atoms with van der Waals surface area (Å²) in [4.78, 5) is 24.4. The Balaban J connectivity index is 0.000000997. The maximum absolute atomic E-state index is 15.1. The van der Waals surface area contributed by atoms with Crippen molar-refractivity contribution in [3.05, 3.63) is 62.9 Å². The molecule has 2 saturated heterocycles. The highest BCUT2D eigenvalue weighted by Gasteiger charge is 2.45. The fourth-order valence-electron chi connectivity index (χ4n) is 5.79. The van der Waals surface area contributed by atoms with Crippen molar-refractivity contribution in [2.75, 3.05) is 32.8 Å². The second-order valence-corrected chi connectivity index (χ2v) is 12.2. The molecule has 3 aliphatic rings. The summed E-state index contributed by atoms with van der Waals surface area (Å²) in [6.45, 7) is 7.84. The molecule has 2 aliphatic heterocycles. The zero-order valence-electron chi connectivity index (χ0n) is 25.2. The van der Waals surface area contributed by atoms with Crippen LogP contribution in [0.1, 0.15) is 86.3 Å². The van der Waals surface area contributed by atoms with Gasteiger partial charge in [-0.25, -0.2) is 4.39 Å². The van der Waals surface area contributed by atoms with Crippen molar-refractivity contribution in [1.29, 1.82) is 0 Å². The molecule has 2 aromatic carbocycles. The van der Waals surface area contributed by atoms with E-state index in [-0.39, 0.29) is 65.1 Å². The van der Waals surface area contributed by atoms with E-state index in [2.05, 4.69) is 6.92 Å². The number of benzene rings is 2. The van der Waals surface area contributed by atoms with E-state index < -0.39 is 18.0 Å². The zero-order chi connectivity index (χ0) is 32.6. The molecule has 5 rings (SSSR count). The molecule has 1 amide bonds. The monoisotopic (exact) mass is 662 g/mol. The van der Waals surface area contributed by atoms with Gasteiger partial charge < -0.3 is 14.7 Å². The van der Waals surface area contributed by atoms with Crippen LogP contribution in [-0.2, 0) is 4.79 Å². The fraction of sp³-hybridized carbons (Fsp3) is 0.562. The number of carbonyl (C=O) groups excluding carboxylic acids is 1. The van der Waals surface area contributed by atoms with E-state index >= 15 is 4.39 Å². The van der Waals surface area contributed by atoms with Crippen molar-refractivity contribution < 1.29 is 37.0 Å². The Morgan fingerprint density at radius 1 is 1.02 bits per heavy atom. The minimum Gasteiger partial charge on any atom is -0.493 e. The van der Waals surface area contributed by atoms with E-state index in [1.165, 1.54) is 29.2 Å². The lowest BCUT2D eigenvalue weighted by atomic mass is 9.94. The highest BCUT2D eigenvalue weighted by atomic mass is 35.5. The maximum atomic E-state index is 15.1. The first-order valence-corrected chi connectivity index (χ1v) is 15.8. The largest absolute Gasteiger partial charge is 0.493 e. The summed E-state index contributed by atoms with van der Waals surface area (Å²) < 4.78 is 63.4. The number of alkyl halides is 3. The molecule has 0 aromatic heterocycles. The molecule has 0 radical (unpaired) electrons. The van der Waals surface area contributed by atoms with E-state index in [1.807, 2.05) is 13.8 Å². The van der Waals surface area contributed by atoms with Crippen LogP contribution in [0.4, 0.5) is 17.6 Å². The van der Waals surface area contributed by atoms with Gasteiger partial charge in [-0.3, -0.25) is 14.5 Å². The van der Waals surface area contributed by atoms with E-state index in [1.54, 1.807) is 11.0 Å². The number of rotatable bonds is 7. The highest BCUT2D eigenvalue weighted by molar-refractivity contribution is 6.34. The van der Waals surface area contributed by atoms with Crippen LogP contribution in [0.2, 0.25) is 10.0 Å². The van der Waals surface area contributed by atoms with E-state index in [9.17, 15) is 18.0 Å². The third-order valence-corrected chi connectivity index (χ3v) is 8.49. The summed E-state index contributed by atoms with van der Waals surface area (Å²) in [7, 11) is 0. The van der Waals surface area contributed by atoms with E-state index in [4.69, 9.17) is 37.8 Å². The van der Waals surface area contributed by atoms with Crippen molar-refractivity contribution in [3.8, 4) is 5.75 Å². The Labute approximate surface area is 266 Å². The molecule has 12 heteroatoms. The second-order valence-electron chi connectivity index (χ2n) is 11.3. The quantitative estimate of drug-likeness (QED) is 0.237. The lowest BCUT2D eigenvalue weighted by Gasteiger charge is -2.38. The van der Waals surface area contributed by atoms with Crippen molar-refractivity contribution in [3.63, 3.8) is 0 Å². The van der Waals surface area contributed by atoms with Gasteiger partial charge in [0.15, 0.2) is 0 Å². The molecule has 2 aromatic rings. The van der Waals surface area contributed by atoms with Gasteiger partial charge in [0.2, 0.25) is 0 Å². The first-order chi connectivity index (χ1) is 20.9. The topological polar surface area (TPSA) is 70.1 Å². The Morgan fingerprint density at radius 2 is 1.61 bits per heavy atom. The van der Waals surface area contributed by atoms with Crippen LogP contribution in [0.3, 0.4) is 0 Å². The third-order valence-electron chi connectivity index (χ3n) is 8.06. The van der Waals surface area contributed by atoms with Crippen LogP contribution >= 0.6 is 23.2 Å². The number of amides is 1. The van der Waals surface area contributed by atoms with Crippen molar-refractivity contribution in [1.82, 2.24) is 9.80 Å². The Kier molecular flexibility index (Phi) is 13.2.